The zero-order valence-electron chi connectivity index (χ0n) is 26.6. The van der Waals surface area contributed by atoms with Crippen molar-refractivity contribution in [1.29, 1.82) is 0 Å². The fraction of sp³-hybridized carbons (Fsp3) is 0.375. The molecule has 3 amide bonds. The van der Waals surface area contributed by atoms with E-state index in [1.165, 1.54) is 0 Å². The number of carbonyl (C=O) groups excluding carboxylic acids is 3. The van der Waals surface area contributed by atoms with Crippen LogP contribution in [-0.2, 0) is 32.0 Å². The molecule has 16 heteroatoms. The number of amides is 3. The van der Waals surface area contributed by atoms with Crippen LogP contribution >= 0.6 is 0 Å². The lowest BCUT2D eigenvalue weighted by Gasteiger charge is -2.25. The first-order valence-corrected chi connectivity index (χ1v) is 15.5. The van der Waals surface area contributed by atoms with Crippen LogP contribution in [0.3, 0.4) is 0 Å². The van der Waals surface area contributed by atoms with Gasteiger partial charge in [-0.25, -0.2) is 4.79 Å². The van der Waals surface area contributed by atoms with Crippen molar-refractivity contribution in [2.24, 2.45) is 38.7 Å². The van der Waals surface area contributed by atoms with Crippen LogP contribution in [0.5, 0.6) is 0 Å². The second-order valence-electron chi connectivity index (χ2n) is 11.3. The number of H-pyrrole nitrogens is 1. The number of nitrogens with zero attached hydrogens (tertiary/aromatic N) is 2. The van der Waals surface area contributed by atoms with E-state index in [2.05, 4.69) is 30.9 Å². The molecule has 0 aliphatic carbocycles. The Morgan fingerprint density at radius 3 is 1.88 bits per heavy atom. The van der Waals surface area contributed by atoms with E-state index in [1.807, 2.05) is 54.6 Å². The van der Waals surface area contributed by atoms with Crippen molar-refractivity contribution in [2.45, 2.75) is 62.7 Å². The Labute approximate surface area is 278 Å². The number of carbonyl (C=O) groups is 4. The predicted octanol–water partition coefficient (Wildman–Crippen LogP) is -1.07. The number of hydrogen-bond acceptors (Lipinski definition) is 7. The van der Waals surface area contributed by atoms with Crippen molar-refractivity contribution < 1.29 is 24.3 Å². The average molecular weight is 664 g/mol. The molecule has 0 aliphatic rings. The molecule has 1 heterocycles. The van der Waals surface area contributed by atoms with E-state index in [1.54, 1.807) is 6.20 Å². The molecule has 0 saturated heterocycles. The van der Waals surface area contributed by atoms with Crippen molar-refractivity contribution in [3.8, 4) is 0 Å². The summed E-state index contributed by atoms with van der Waals surface area (Å²) in [6.45, 7) is 0.364. The molecule has 2 aromatic carbocycles. The quantitative estimate of drug-likeness (QED) is 0.0420. The van der Waals surface area contributed by atoms with Crippen LogP contribution in [0.15, 0.2) is 70.8 Å². The molecule has 4 atom stereocenters. The molecular weight excluding hydrogens is 618 g/mol. The highest BCUT2D eigenvalue weighted by Gasteiger charge is 2.31. The molecule has 3 aromatic rings. The van der Waals surface area contributed by atoms with E-state index in [0.717, 1.165) is 16.5 Å². The molecule has 4 unspecified atom stereocenters. The minimum Gasteiger partial charge on any atom is -0.480 e. The van der Waals surface area contributed by atoms with Crippen LogP contribution in [-0.4, -0.2) is 83.0 Å². The molecule has 15 N–H and O–H groups in total. The summed E-state index contributed by atoms with van der Waals surface area (Å²) >= 11 is 0. The Bertz CT molecular complexity index is 1580. The first-order valence-electron chi connectivity index (χ1n) is 15.5. The third-order valence-electron chi connectivity index (χ3n) is 7.51. The third-order valence-corrected chi connectivity index (χ3v) is 7.51. The highest BCUT2D eigenvalue weighted by molar-refractivity contribution is 5.95. The fourth-order valence-corrected chi connectivity index (χ4v) is 5.05. The van der Waals surface area contributed by atoms with Gasteiger partial charge in [0.05, 0.1) is 6.04 Å². The van der Waals surface area contributed by atoms with Gasteiger partial charge in [-0.2, -0.15) is 0 Å². The molecule has 0 fully saturated rings. The summed E-state index contributed by atoms with van der Waals surface area (Å²) in [5.74, 6) is -3.47. The van der Waals surface area contributed by atoms with E-state index in [9.17, 15) is 24.3 Å². The van der Waals surface area contributed by atoms with Gasteiger partial charge in [-0.1, -0.05) is 48.5 Å². The first kappa shape index (κ1) is 36.8. The molecule has 48 heavy (non-hydrogen) atoms. The number of aromatic amines is 1. The van der Waals surface area contributed by atoms with E-state index in [4.69, 9.17) is 28.7 Å². The zero-order chi connectivity index (χ0) is 35.1. The van der Waals surface area contributed by atoms with Gasteiger partial charge in [0.1, 0.15) is 18.1 Å². The number of rotatable bonds is 19. The molecule has 0 spiro atoms. The Hall–Kier alpha value is -5.64. The number of hydrogen-bond donors (Lipinski definition) is 10. The van der Waals surface area contributed by atoms with Crippen LogP contribution in [0.2, 0.25) is 0 Å². The number of aliphatic carboxylic acids is 1. The number of aliphatic imine (C=N–C) groups is 2. The Morgan fingerprint density at radius 1 is 0.708 bits per heavy atom. The van der Waals surface area contributed by atoms with Crippen LogP contribution in [0.4, 0.5) is 0 Å². The summed E-state index contributed by atoms with van der Waals surface area (Å²) in [6.07, 6.45) is 2.73. The molecular formula is C32H45N11O5. The number of nitrogens with two attached hydrogens (primary N) is 5. The van der Waals surface area contributed by atoms with Crippen LogP contribution in [0.25, 0.3) is 10.9 Å². The third kappa shape index (κ3) is 11.9. The summed E-state index contributed by atoms with van der Waals surface area (Å²) in [7, 11) is 0. The summed E-state index contributed by atoms with van der Waals surface area (Å²) in [4.78, 5) is 63.6. The summed E-state index contributed by atoms with van der Waals surface area (Å²) in [6, 6.07) is 12.0. The predicted molar refractivity (Wildman–Crippen MR) is 183 cm³/mol. The molecule has 0 bridgehead atoms. The Balaban J connectivity index is 1.83. The largest absolute Gasteiger partial charge is 0.480 e. The van der Waals surface area contributed by atoms with Gasteiger partial charge in [-0.05, 0) is 49.3 Å². The molecule has 16 nitrogen and oxygen atoms in total. The highest BCUT2D eigenvalue weighted by atomic mass is 16.4. The maximum absolute atomic E-state index is 13.8. The Morgan fingerprint density at radius 2 is 1.25 bits per heavy atom. The van der Waals surface area contributed by atoms with Gasteiger partial charge in [0.15, 0.2) is 11.9 Å². The van der Waals surface area contributed by atoms with Gasteiger partial charge in [-0.15, -0.1) is 0 Å². The van der Waals surface area contributed by atoms with Gasteiger partial charge in [-0.3, -0.25) is 24.4 Å². The number of para-hydroxylation sites is 1. The number of aromatic nitrogens is 1. The number of carboxylic acid groups (broad SMARTS) is 1. The standard InChI is InChI=1S/C32H45N11O5/c33-22(16-19-8-2-1-3-9-19)27(44)41-24(12-6-14-38-31(34)35)28(45)43-26(17-20-18-40-23-11-5-4-10-21(20)23)29(46)42-25(30(47)48)13-7-15-39-32(36)37/h1-5,8-11,18,22,24-26,40H,6-7,12-17,33H2,(H,41,44)(H,42,46)(H,43,45)(H,47,48)(H4,34,35,38)(H4,36,37,39). The molecule has 0 radical (unpaired) electrons. The van der Waals surface area contributed by atoms with Gasteiger partial charge < -0.3 is 54.7 Å². The lowest BCUT2D eigenvalue weighted by atomic mass is 10.0. The van der Waals surface area contributed by atoms with E-state index < -0.39 is 47.9 Å². The number of guanidine groups is 2. The second-order valence-corrected chi connectivity index (χ2v) is 11.3. The van der Waals surface area contributed by atoms with Crippen molar-refractivity contribution in [2.75, 3.05) is 13.1 Å². The number of benzene rings is 2. The number of carboxylic acids is 1. The maximum Gasteiger partial charge on any atom is 0.326 e. The van der Waals surface area contributed by atoms with Crippen LogP contribution in [0.1, 0.15) is 36.8 Å². The topological polar surface area (TPSA) is 295 Å². The van der Waals surface area contributed by atoms with Crippen molar-refractivity contribution in [3.63, 3.8) is 0 Å². The highest BCUT2D eigenvalue weighted by Crippen LogP contribution is 2.19. The van der Waals surface area contributed by atoms with Gasteiger partial charge in [0.2, 0.25) is 17.7 Å². The zero-order valence-corrected chi connectivity index (χ0v) is 26.6. The fourth-order valence-electron chi connectivity index (χ4n) is 5.05. The summed E-state index contributed by atoms with van der Waals surface area (Å²) in [5.41, 5.74) is 30.1. The van der Waals surface area contributed by atoms with Crippen LogP contribution in [0, 0.1) is 0 Å². The van der Waals surface area contributed by atoms with Crippen LogP contribution < -0.4 is 44.6 Å². The lowest BCUT2D eigenvalue weighted by Crippen LogP contribution is -2.57. The SMILES string of the molecule is NC(N)=NCCCC(NC(=O)C(Cc1c[nH]c2ccccc12)NC(=O)C(CCCN=C(N)N)NC(=O)C(N)Cc1ccccc1)C(=O)O. The van der Waals surface area contributed by atoms with E-state index in [0.29, 0.717) is 12.0 Å². The molecule has 258 valence electrons. The normalized spacial score (nSPS) is 13.4. The molecule has 0 saturated carbocycles. The summed E-state index contributed by atoms with van der Waals surface area (Å²) < 4.78 is 0. The van der Waals surface area contributed by atoms with Gasteiger partial charge in [0.25, 0.3) is 0 Å². The Kier molecular flexibility index (Phi) is 14.2. The first-order chi connectivity index (χ1) is 22.9. The van der Waals surface area contributed by atoms with Crippen molar-refractivity contribution in [3.05, 3.63) is 71.9 Å². The monoisotopic (exact) mass is 663 g/mol. The van der Waals surface area contributed by atoms with Gasteiger partial charge in [0, 0.05) is 36.6 Å². The smallest absolute Gasteiger partial charge is 0.326 e. The van der Waals surface area contributed by atoms with E-state index in [-0.39, 0.29) is 57.1 Å². The maximum atomic E-state index is 13.8. The lowest BCUT2D eigenvalue weighted by molar-refractivity contribution is -0.142. The minimum atomic E-state index is -1.28. The summed E-state index contributed by atoms with van der Waals surface area (Å²) in [5, 5.41) is 18.6. The number of nitrogens with one attached hydrogen (secondary N) is 4. The second kappa shape index (κ2) is 18.5. The van der Waals surface area contributed by atoms with Crippen molar-refractivity contribution >= 4 is 46.5 Å². The molecule has 0 aliphatic heterocycles. The molecule has 3 rings (SSSR count). The molecule has 1 aromatic heterocycles. The average Bonchev–Trinajstić information content (AvgIpc) is 3.46. The van der Waals surface area contributed by atoms with Gasteiger partial charge >= 0.3 is 5.97 Å². The van der Waals surface area contributed by atoms with Crippen molar-refractivity contribution in [1.82, 2.24) is 20.9 Å². The number of fused-ring (bicyclic) bond motifs is 1. The minimum absolute atomic E-state index is 0.0180. The van der Waals surface area contributed by atoms with E-state index >= 15 is 0 Å².